The number of aromatic nitrogens is 2. The summed E-state index contributed by atoms with van der Waals surface area (Å²) in [6, 6.07) is 2.04. The molecule has 7 nitrogen and oxygen atoms in total. The Morgan fingerprint density at radius 3 is 2.83 bits per heavy atom. The lowest BCUT2D eigenvalue weighted by Gasteiger charge is -2.36. The summed E-state index contributed by atoms with van der Waals surface area (Å²) in [7, 11) is 0. The second-order valence-corrected chi connectivity index (χ2v) is 6.69. The molecule has 0 unspecified atom stereocenters. The number of H-pyrrole nitrogens is 1. The average Bonchev–Trinajstić information content (AvgIpc) is 3.06. The van der Waals surface area contributed by atoms with Gasteiger partial charge in [0.25, 0.3) is 5.91 Å². The number of anilines is 1. The van der Waals surface area contributed by atoms with Crippen LogP contribution < -0.4 is 4.90 Å². The quantitative estimate of drug-likeness (QED) is 0.879. The Bertz CT molecular complexity index is 534. The number of carbonyl (C=O) groups excluding carboxylic acids is 1. The minimum atomic E-state index is -0.408. The van der Waals surface area contributed by atoms with E-state index < -0.39 is 6.10 Å². The lowest BCUT2D eigenvalue weighted by Crippen LogP contribution is -2.51. The molecule has 1 N–H and O–H groups in total. The molecule has 0 saturated carbocycles. The van der Waals surface area contributed by atoms with Crippen molar-refractivity contribution in [3.8, 4) is 0 Å². The molecule has 2 aliphatic heterocycles. The minimum Gasteiger partial charge on any atom is -0.376 e. The van der Waals surface area contributed by atoms with E-state index in [1.807, 2.05) is 24.8 Å². The molecular formula is C17H28N4O3. The van der Waals surface area contributed by atoms with E-state index in [0.717, 1.165) is 44.0 Å². The molecular weight excluding hydrogens is 308 g/mol. The van der Waals surface area contributed by atoms with Gasteiger partial charge >= 0.3 is 0 Å². The Morgan fingerprint density at radius 2 is 2.21 bits per heavy atom. The summed E-state index contributed by atoms with van der Waals surface area (Å²) in [5, 5.41) is 7.25. The highest BCUT2D eigenvalue weighted by Gasteiger charge is 2.27. The number of aromatic amines is 1. The van der Waals surface area contributed by atoms with Gasteiger partial charge in [-0.1, -0.05) is 0 Å². The molecule has 2 fully saturated rings. The number of hydrogen-bond acceptors (Lipinski definition) is 5. The van der Waals surface area contributed by atoms with Crippen molar-refractivity contribution in [1.29, 1.82) is 0 Å². The number of nitrogens with one attached hydrogen (secondary N) is 1. The van der Waals surface area contributed by atoms with Crippen molar-refractivity contribution in [2.75, 3.05) is 44.3 Å². The zero-order valence-electron chi connectivity index (χ0n) is 14.7. The van der Waals surface area contributed by atoms with Crippen LogP contribution in [0.25, 0.3) is 0 Å². The van der Waals surface area contributed by atoms with Crippen LogP contribution in [-0.2, 0) is 14.3 Å². The van der Waals surface area contributed by atoms with Gasteiger partial charge in [-0.15, -0.1) is 0 Å². The molecule has 2 atom stereocenters. The minimum absolute atomic E-state index is 0.0728. The molecule has 3 heterocycles. The van der Waals surface area contributed by atoms with Gasteiger partial charge in [-0.05, 0) is 33.1 Å². The lowest BCUT2D eigenvalue weighted by molar-refractivity contribution is -0.146. The summed E-state index contributed by atoms with van der Waals surface area (Å²) < 4.78 is 11.4. The summed E-state index contributed by atoms with van der Waals surface area (Å²) in [5.74, 6) is 1.03. The van der Waals surface area contributed by atoms with Gasteiger partial charge in [0.15, 0.2) is 5.82 Å². The molecule has 1 aromatic rings. The third kappa shape index (κ3) is 4.27. The largest absolute Gasteiger partial charge is 0.376 e. The molecule has 3 rings (SSSR count). The first-order chi connectivity index (χ1) is 11.6. The fourth-order valence-corrected chi connectivity index (χ4v) is 3.24. The first-order valence-corrected chi connectivity index (χ1v) is 8.92. The zero-order valence-corrected chi connectivity index (χ0v) is 14.7. The molecule has 2 aliphatic rings. The molecule has 0 aliphatic carbocycles. The molecule has 134 valence electrons. The number of nitrogens with zero attached hydrogens (tertiary/aromatic N) is 3. The highest BCUT2D eigenvalue weighted by molar-refractivity contribution is 5.80. The summed E-state index contributed by atoms with van der Waals surface area (Å²) in [6.45, 7) is 8.17. The number of ether oxygens (including phenoxy) is 2. The summed E-state index contributed by atoms with van der Waals surface area (Å²) in [4.78, 5) is 16.6. The predicted octanol–water partition coefficient (Wildman–Crippen LogP) is 1.34. The van der Waals surface area contributed by atoms with Crippen molar-refractivity contribution < 1.29 is 14.3 Å². The van der Waals surface area contributed by atoms with Crippen LogP contribution in [-0.4, -0.2) is 72.6 Å². The second kappa shape index (κ2) is 7.98. The molecule has 1 amide bonds. The maximum atomic E-state index is 12.5. The number of piperazine rings is 1. The summed E-state index contributed by atoms with van der Waals surface area (Å²) in [5.41, 5.74) is 1.05. The van der Waals surface area contributed by atoms with Crippen molar-refractivity contribution in [3.05, 3.63) is 11.8 Å². The monoisotopic (exact) mass is 336 g/mol. The van der Waals surface area contributed by atoms with E-state index in [4.69, 9.17) is 9.47 Å². The Kier molecular flexibility index (Phi) is 5.73. The normalized spacial score (nSPS) is 23.3. The van der Waals surface area contributed by atoms with Gasteiger partial charge in [-0.2, -0.15) is 5.10 Å². The molecule has 0 spiro atoms. The molecule has 2 saturated heterocycles. The smallest absolute Gasteiger partial charge is 0.251 e. The highest BCUT2D eigenvalue weighted by Crippen LogP contribution is 2.16. The second-order valence-electron chi connectivity index (χ2n) is 6.69. The van der Waals surface area contributed by atoms with Crippen LogP contribution in [0.2, 0.25) is 0 Å². The number of rotatable bonds is 5. The molecule has 7 heteroatoms. The lowest BCUT2D eigenvalue weighted by atomic mass is 10.1. The van der Waals surface area contributed by atoms with Gasteiger partial charge in [0.1, 0.15) is 6.10 Å². The SMILES string of the molecule is Cc1cc(N2CCN(C(=O)[C@H](C)OC[C@H]3CCCCO3)CC2)n[nH]1. The van der Waals surface area contributed by atoms with Gasteiger partial charge in [-0.25, -0.2) is 0 Å². The van der Waals surface area contributed by atoms with Crippen LogP contribution in [0.5, 0.6) is 0 Å². The molecule has 24 heavy (non-hydrogen) atoms. The van der Waals surface area contributed by atoms with E-state index in [1.54, 1.807) is 0 Å². The van der Waals surface area contributed by atoms with Gasteiger partial charge < -0.3 is 19.3 Å². The van der Waals surface area contributed by atoms with Crippen LogP contribution >= 0.6 is 0 Å². The first kappa shape index (κ1) is 17.2. The van der Waals surface area contributed by atoms with Crippen molar-refractivity contribution in [2.24, 2.45) is 0 Å². The van der Waals surface area contributed by atoms with E-state index in [0.29, 0.717) is 19.7 Å². The van der Waals surface area contributed by atoms with Gasteiger partial charge in [0.2, 0.25) is 0 Å². The Balaban J connectivity index is 1.42. The van der Waals surface area contributed by atoms with E-state index in [2.05, 4.69) is 15.1 Å². The molecule has 0 aromatic carbocycles. The Hall–Kier alpha value is -1.60. The van der Waals surface area contributed by atoms with E-state index >= 15 is 0 Å². The third-order valence-corrected chi connectivity index (χ3v) is 4.76. The van der Waals surface area contributed by atoms with Crippen LogP contribution in [0.15, 0.2) is 6.07 Å². The van der Waals surface area contributed by atoms with Crippen LogP contribution in [0.4, 0.5) is 5.82 Å². The van der Waals surface area contributed by atoms with Crippen molar-refractivity contribution >= 4 is 11.7 Å². The number of aryl methyl sites for hydroxylation is 1. The van der Waals surface area contributed by atoms with Gasteiger partial charge in [-0.3, -0.25) is 9.89 Å². The topological polar surface area (TPSA) is 70.7 Å². The van der Waals surface area contributed by atoms with Gasteiger partial charge in [0.05, 0.1) is 12.7 Å². The zero-order chi connectivity index (χ0) is 16.9. The van der Waals surface area contributed by atoms with Crippen molar-refractivity contribution in [3.63, 3.8) is 0 Å². The van der Waals surface area contributed by atoms with Crippen LogP contribution in [0.1, 0.15) is 31.9 Å². The molecule has 1 aromatic heterocycles. The number of carbonyl (C=O) groups is 1. The van der Waals surface area contributed by atoms with Crippen molar-refractivity contribution in [1.82, 2.24) is 15.1 Å². The Morgan fingerprint density at radius 1 is 1.42 bits per heavy atom. The fourth-order valence-electron chi connectivity index (χ4n) is 3.24. The predicted molar refractivity (Wildman–Crippen MR) is 91.1 cm³/mol. The summed E-state index contributed by atoms with van der Waals surface area (Å²) >= 11 is 0. The van der Waals surface area contributed by atoms with Crippen LogP contribution in [0.3, 0.4) is 0 Å². The van der Waals surface area contributed by atoms with E-state index in [1.165, 1.54) is 6.42 Å². The van der Waals surface area contributed by atoms with Gasteiger partial charge in [0, 0.05) is 44.5 Å². The molecule has 0 radical (unpaired) electrons. The third-order valence-electron chi connectivity index (χ3n) is 4.76. The van der Waals surface area contributed by atoms with E-state index in [9.17, 15) is 4.79 Å². The standard InChI is InChI=1S/C17H28N4O3/c1-13-11-16(19-18-13)20-6-8-21(9-7-20)17(22)14(2)24-12-15-5-3-4-10-23-15/h11,14-15H,3-10,12H2,1-2H3,(H,18,19)/t14-,15+/m0/s1. The maximum Gasteiger partial charge on any atom is 0.251 e. The molecule has 0 bridgehead atoms. The number of amides is 1. The number of hydrogen-bond donors (Lipinski definition) is 1. The van der Waals surface area contributed by atoms with E-state index in [-0.39, 0.29) is 12.0 Å². The Labute approximate surface area is 143 Å². The average molecular weight is 336 g/mol. The van der Waals surface area contributed by atoms with Crippen LogP contribution in [0, 0.1) is 6.92 Å². The maximum absolute atomic E-state index is 12.5. The first-order valence-electron chi connectivity index (χ1n) is 8.92. The van der Waals surface area contributed by atoms with Crippen molar-refractivity contribution in [2.45, 2.75) is 45.3 Å². The summed E-state index contributed by atoms with van der Waals surface area (Å²) in [6.07, 6.45) is 3.08. The highest BCUT2D eigenvalue weighted by atomic mass is 16.5. The fraction of sp³-hybridized carbons (Fsp3) is 0.765.